The van der Waals surface area contributed by atoms with Crippen molar-refractivity contribution >= 4 is 17.2 Å². The van der Waals surface area contributed by atoms with Crippen LogP contribution >= 0.6 is 0 Å². The molecule has 29 heavy (non-hydrogen) atoms. The molecule has 4 aromatic rings. The fourth-order valence-corrected chi connectivity index (χ4v) is 2.95. The van der Waals surface area contributed by atoms with Gasteiger partial charge in [0.1, 0.15) is 18.0 Å². The van der Waals surface area contributed by atoms with Crippen molar-refractivity contribution in [2.24, 2.45) is 0 Å². The molecule has 6 heteroatoms. The summed E-state index contributed by atoms with van der Waals surface area (Å²) in [5.74, 6) is 0.426. The Bertz CT molecular complexity index is 1230. The van der Waals surface area contributed by atoms with E-state index in [2.05, 4.69) is 10.3 Å². The molecule has 0 bridgehead atoms. The van der Waals surface area contributed by atoms with Gasteiger partial charge in [0, 0.05) is 29.6 Å². The maximum atomic E-state index is 12.4. The zero-order valence-electron chi connectivity index (χ0n) is 15.8. The molecule has 2 aromatic carbocycles. The van der Waals surface area contributed by atoms with E-state index in [1.165, 1.54) is 10.5 Å². The normalized spacial score (nSPS) is 10.7. The Morgan fingerprint density at radius 3 is 2.66 bits per heavy atom. The van der Waals surface area contributed by atoms with E-state index in [9.17, 15) is 9.59 Å². The first-order valence-electron chi connectivity index (χ1n) is 9.17. The van der Waals surface area contributed by atoms with Crippen LogP contribution < -0.4 is 15.6 Å². The topological polar surface area (TPSA) is 72.7 Å². The van der Waals surface area contributed by atoms with E-state index in [4.69, 9.17) is 4.74 Å². The van der Waals surface area contributed by atoms with Gasteiger partial charge in [0.15, 0.2) is 0 Å². The van der Waals surface area contributed by atoms with Crippen molar-refractivity contribution in [3.63, 3.8) is 0 Å². The van der Waals surface area contributed by atoms with Crippen molar-refractivity contribution < 1.29 is 9.53 Å². The molecule has 0 aliphatic heterocycles. The number of pyridine rings is 1. The molecule has 0 atom stereocenters. The summed E-state index contributed by atoms with van der Waals surface area (Å²) in [6.07, 6.45) is 1.68. The summed E-state index contributed by atoms with van der Waals surface area (Å²) in [7, 11) is 0. The number of fused-ring (bicyclic) bond motifs is 1. The van der Waals surface area contributed by atoms with Crippen molar-refractivity contribution in [3.8, 4) is 5.75 Å². The molecule has 1 amide bonds. The van der Waals surface area contributed by atoms with E-state index in [0.717, 1.165) is 5.56 Å². The number of aryl methyl sites for hydroxylation is 1. The fraction of sp³-hybridized carbons (Fsp3) is 0.0870. The largest absolute Gasteiger partial charge is 0.487 e. The van der Waals surface area contributed by atoms with Gasteiger partial charge in [-0.15, -0.1) is 0 Å². The third-order valence-electron chi connectivity index (χ3n) is 4.48. The Hall–Kier alpha value is -3.93. The molecule has 1 N–H and O–H groups in total. The molecule has 4 rings (SSSR count). The third kappa shape index (κ3) is 4.16. The van der Waals surface area contributed by atoms with E-state index in [-0.39, 0.29) is 18.1 Å². The van der Waals surface area contributed by atoms with Crippen LogP contribution in [0.5, 0.6) is 5.75 Å². The molecular formula is C23H19N3O3. The predicted molar refractivity (Wildman–Crippen MR) is 111 cm³/mol. The molecule has 0 saturated heterocycles. The summed E-state index contributed by atoms with van der Waals surface area (Å²) < 4.78 is 7.37. The lowest BCUT2D eigenvalue weighted by Crippen LogP contribution is -2.16. The average Bonchev–Trinajstić information content (AvgIpc) is 2.75. The molecule has 2 aromatic heterocycles. The Balaban J connectivity index is 1.51. The highest BCUT2D eigenvalue weighted by molar-refractivity contribution is 6.04. The number of carbonyl (C=O) groups is 1. The summed E-state index contributed by atoms with van der Waals surface area (Å²) in [4.78, 5) is 29.0. The summed E-state index contributed by atoms with van der Waals surface area (Å²) in [6.45, 7) is 2.07. The number of anilines is 1. The van der Waals surface area contributed by atoms with Gasteiger partial charge in [-0.05, 0) is 42.8 Å². The molecule has 6 nitrogen and oxygen atoms in total. The third-order valence-corrected chi connectivity index (χ3v) is 4.48. The zero-order valence-corrected chi connectivity index (χ0v) is 15.8. The van der Waals surface area contributed by atoms with Crippen LogP contribution in [-0.2, 0) is 6.61 Å². The number of benzene rings is 2. The van der Waals surface area contributed by atoms with Gasteiger partial charge in [-0.3, -0.25) is 14.0 Å². The zero-order chi connectivity index (χ0) is 20.2. The number of ether oxygens (including phenoxy) is 1. The van der Waals surface area contributed by atoms with Crippen LogP contribution in [-0.4, -0.2) is 15.3 Å². The van der Waals surface area contributed by atoms with Crippen LogP contribution in [0.4, 0.5) is 5.69 Å². The summed E-state index contributed by atoms with van der Waals surface area (Å²) in [5, 5.41) is 2.87. The first-order valence-corrected chi connectivity index (χ1v) is 9.17. The first-order chi connectivity index (χ1) is 14.1. The molecule has 0 aliphatic carbocycles. The minimum atomic E-state index is -0.190. The minimum Gasteiger partial charge on any atom is -0.487 e. The lowest BCUT2D eigenvalue weighted by atomic mass is 10.2. The highest BCUT2D eigenvalue weighted by Crippen LogP contribution is 2.24. The van der Waals surface area contributed by atoms with Crippen LogP contribution in [0.1, 0.15) is 21.6 Å². The Morgan fingerprint density at radius 1 is 1.03 bits per heavy atom. The van der Waals surface area contributed by atoms with E-state index in [1.807, 2.05) is 43.3 Å². The Labute approximate surface area is 167 Å². The van der Waals surface area contributed by atoms with E-state index in [0.29, 0.717) is 28.3 Å². The highest BCUT2D eigenvalue weighted by atomic mass is 16.5. The highest BCUT2D eigenvalue weighted by Gasteiger charge is 2.09. The van der Waals surface area contributed by atoms with Gasteiger partial charge in [0.05, 0.1) is 5.69 Å². The molecule has 0 aliphatic rings. The molecule has 144 valence electrons. The molecule has 0 saturated carbocycles. The lowest BCUT2D eigenvalue weighted by Gasteiger charge is -2.12. The van der Waals surface area contributed by atoms with Gasteiger partial charge >= 0.3 is 0 Å². The van der Waals surface area contributed by atoms with Gasteiger partial charge < -0.3 is 10.1 Å². The number of nitrogens with one attached hydrogen (secondary N) is 1. The van der Waals surface area contributed by atoms with Crippen molar-refractivity contribution in [3.05, 3.63) is 106 Å². The molecule has 0 spiro atoms. The Morgan fingerprint density at radius 2 is 1.83 bits per heavy atom. The molecule has 0 radical (unpaired) electrons. The number of aromatic nitrogens is 2. The summed E-state index contributed by atoms with van der Waals surface area (Å²) in [6, 6.07) is 21.3. The lowest BCUT2D eigenvalue weighted by molar-refractivity contribution is 0.102. The maximum absolute atomic E-state index is 12.4. The Kier molecular flexibility index (Phi) is 5.07. The standard InChI is InChI=1S/C23H19N3O3/c1-16-10-11-18(25-23(28)17-7-3-2-4-8-17)13-20(16)29-15-19-14-22(27)26-12-6-5-9-21(26)24-19/h2-14H,15H2,1H3,(H,25,28). The second-order valence-electron chi connectivity index (χ2n) is 6.60. The number of rotatable bonds is 5. The number of hydrogen-bond donors (Lipinski definition) is 1. The van der Waals surface area contributed by atoms with Crippen LogP contribution in [0.3, 0.4) is 0 Å². The van der Waals surface area contributed by atoms with Crippen molar-refractivity contribution in [1.82, 2.24) is 9.38 Å². The van der Waals surface area contributed by atoms with Crippen LogP contribution in [0.2, 0.25) is 0 Å². The van der Waals surface area contributed by atoms with Gasteiger partial charge in [0.25, 0.3) is 11.5 Å². The SMILES string of the molecule is Cc1ccc(NC(=O)c2ccccc2)cc1OCc1cc(=O)n2ccccc2n1. The average molecular weight is 385 g/mol. The summed E-state index contributed by atoms with van der Waals surface area (Å²) >= 11 is 0. The predicted octanol–water partition coefficient (Wildman–Crippen LogP) is 3.83. The minimum absolute atomic E-state index is 0.150. The van der Waals surface area contributed by atoms with Crippen LogP contribution in [0.25, 0.3) is 5.65 Å². The molecular weight excluding hydrogens is 366 g/mol. The fourth-order valence-electron chi connectivity index (χ4n) is 2.95. The number of carbonyl (C=O) groups excluding carboxylic acids is 1. The van der Waals surface area contributed by atoms with Crippen molar-refractivity contribution in [2.45, 2.75) is 13.5 Å². The van der Waals surface area contributed by atoms with E-state index < -0.39 is 0 Å². The molecule has 0 unspecified atom stereocenters. The summed E-state index contributed by atoms with van der Waals surface area (Å²) in [5.41, 5.74) is 3.08. The number of hydrogen-bond acceptors (Lipinski definition) is 4. The number of amides is 1. The second kappa shape index (κ2) is 7.98. The van der Waals surface area contributed by atoms with Gasteiger partial charge in [-0.1, -0.05) is 30.3 Å². The van der Waals surface area contributed by atoms with Crippen molar-refractivity contribution in [1.29, 1.82) is 0 Å². The number of nitrogens with zero attached hydrogens (tertiary/aromatic N) is 2. The monoisotopic (exact) mass is 385 g/mol. The molecule has 0 fully saturated rings. The maximum Gasteiger partial charge on any atom is 0.258 e. The quantitative estimate of drug-likeness (QED) is 0.567. The van der Waals surface area contributed by atoms with E-state index in [1.54, 1.807) is 36.5 Å². The van der Waals surface area contributed by atoms with Gasteiger partial charge in [-0.25, -0.2) is 4.98 Å². The first kappa shape index (κ1) is 18.4. The van der Waals surface area contributed by atoms with Gasteiger partial charge in [-0.2, -0.15) is 0 Å². The van der Waals surface area contributed by atoms with Crippen LogP contribution in [0.15, 0.2) is 83.8 Å². The second-order valence-corrected chi connectivity index (χ2v) is 6.60. The molecule has 2 heterocycles. The van der Waals surface area contributed by atoms with Crippen LogP contribution in [0, 0.1) is 6.92 Å². The van der Waals surface area contributed by atoms with E-state index >= 15 is 0 Å². The smallest absolute Gasteiger partial charge is 0.258 e. The van der Waals surface area contributed by atoms with Crippen molar-refractivity contribution in [2.75, 3.05) is 5.32 Å². The van der Waals surface area contributed by atoms with Gasteiger partial charge in [0.2, 0.25) is 0 Å².